The minimum Gasteiger partial charge on any atom is -0.396 e. The van der Waals surface area contributed by atoms with Crippen LogP contribution in [-0.4, -0.2) is 18.3 Å². The van der Waals surface area contributed by atoms with E-state index in [-0.39, 0.29) is 17.8 Å². The van der Waals surface area contributed by atoms with Gasteiger partial charge in [-0.1, -0.05) is 44.4 Å². The number of benzene rings is 1. The van der Waals surface area contributed by atoms with Crippen molar-refractivity contribution in [1.82, 2.24) is 0 Å². The van der Waals surface area contributed by atoms with Crippen molar-refractivity contribution in [3.8, 4) is 0 Å². The molecule has 1 atom stereocenters. The monoisotopic (exact) mass is 321 g/mol. The molecule has 1 aromatic rings. The fourth-order valence-corrected chi connectivity index (χ4v) is 3.92. The Morgan fingerprint density at radius 2 is 1.95 bits per heavy atom. The summed E-state index contributed by atoms with van der Waals surface area (Å²) in [6.45, 7) is 6.17. The maximum Gasteiger partial charge on any atom is 0.0480 e. The van der Waals surface area contributed by atoms with E-state index in [2.05, 4.69) is 43.1 Å². The first-order chi connectivity index (χ1) is 10.2. The second kappa shape index (κ2) is 7.06. The quantitative estimate of drug-likeness (QED) is 0.775. The van der Waals surface area contributed by atoms with Crippen LogP contribution >= 0.6 is 12.4 Å². The highest BCUT2D eigenvalue weighted by Crippen LogP contribution is 2.48. The molecule has 2 nitrogen and oxygen atoms in total. The van der Waals surface area contributed by atoms with Crippen LogP contribution in [0.5, 0.6) is 0 Å². The summed E-state index contributed by atoms with van der Waals surface area (Å²) in [5, 5.41) is 8.89. The first-order valence-corrected chi connectivity index (χ1v) is 8.35. The topological polar surface area (TPSA) is 23.5 Å². The number of unbranched alkanes of at least 4 members (excludes halogenated alkanes) is 3. The van der Waals surface area contributed by atoms with E-state index in [0.29, 0.717) is 6.61 Å². The van der Waals surface area contributed by atoms with Crippen molar-refractivity contribution in [2.45, 2.75) is 57.8 Å². The summed E-state index contributed by atoms with van der Waals surface area (Å²) < 4.78 is 0. The average Bonchev–Trinajstić information content (AvgIpc) is 2.89. The summed E-state index contributed by atoms with van der Waals surface area (Å²) in [4.78, 5) is 2.45. The predicted molar refractivity (Wildman–Crippen MR) is 96.0 cm³/mol. The Morgan fingerprint density at radius 1 is 1.18 bits per heavy atom. The van der Waals surface area contributed by atoms with Crippen molar-refractivity contribution in [3.63, 3.8) is 0 Å². The van der Waals surface area contributed by atoms with Crippen LogP contribution in [0.15, 0.2) is 30.0 Å². The molecule has 2 aliphatic heterocycles. The lowest BCUT2D eigenvalue weighted by Gasteiger charge is -2.39. The molecule has 1 N–H and O–H groups in total. The largest absolute Gasteiger partial charge is 0.396 e. The second-order valence-electron chi connectivity index (χ2n) is 6.79. The minimum absolute atomic E-state index is 0. The minimum atomic E-state index is 0. The lowest BCUT2D eigenvalue weighted by Crippen LogP contribution is -2.32. The van der Waals surface area contributed by atoms with E-state index >= 15 is 0 Å². The van der Waals surface area contributed by atoms with Gasteiger partial charge in [0.15, 0.2) is 0 Å². The Hall–Kier alpha value is -0.990. The Bertz CT molecular complexity index is 554. The van der Waals surface area contributed by atoms with Gasteiger partial charge in [-0.3, -0.25) is 0 Å². The van der Waals surface area contributed by atoms with Gasteiger partial charge in [-0.25, -0.2) is 0 Å². The summed E-state index contributed by atoms with van der Waals surface area (Å²) >= 11 is 0. The SMILES string of the molecule is CC1=CN2CCc3cccc(c32)C1(C)CCCCCCO.Cl. The van der Waals surface area contributed by atoms with E-state index in [1.165, 1.54) is 48.1 Å². The molecule has 0 aromatic heterocycles. The van der Waals surface area contributed by atoms with Crippen molar-refractivity contribution < 1.29 is 5.11 Å². The van der Waals surface area contributed by atoms with E-state index in [9.17, 15) is 0 Å². The summed E-state index contributed by atoms with van der Waals surface area (Å²) in [5.41, 5.74) is 6.21. The molecule has 2 heterocycles. The Balaban J connectivity index is 0.00000176. The van der Waals surface area contributed by atoms with Crippen LogP contribution in [0.4, 0.5) is 5.69 Å². The van der Waals surface area contributed by atoms with Gasteiger partial charge in [0.25, 0.3) is 0 Å². The van der Waals surface area contributed by atoms with E-state index < -0.39 is 0 Å². The normalized spacial score (nSPS) is 22.1. The number of aliphatic hydroxyl groups is 1. The standard InChI is InChI=1S/C19H27NO.ClH/c1-15-14-20-12-10-16-8-7-9-17(18(16)20)19(15,2)11-5-3-4-6-13-21;/h7-9,14,21H,3-6,10-13H2,1-2H3;1H. The lowest BCUT2D eigenvalue weighted by atomic mass is 9.70. The zero-order valence-electron chi connectivity index (χ0n) is 13.8. The third kappa shape index (κ3) is 2.91. The molecular weight excluding hydrogens is 294 g/mol. The van der Waals surface area contributed by atoms with E-state index in [0.717, 1.165) is 19.4 Å². The maximum absolute atomic E-state index is 8.89. The molecule has 1 unspecified atom stereocenters. The van der Waals surface area contributed by atoms with Crippen LogP contribution in [0.1, 0.15) is 57.1 Å². The van der Waals surface area contributed by atoms with Crippen molar-refractivity contribution in [1.29, 1.82) is 0 Å². The number of nitrogens with zero attached hydrogens (tertiary/aromatic N) is 1. The lowest BCUT2D eigenvalue weighted by molar-refractivity contribution is 0.281. The zero-order chi connectivity index (χ0) is 14.9. The van der Waals surface area contributed by atoms with E-state index in [1.54, 1.807) is 0 Å². The molecule has 3 heteroatoms. The highest BCUT2D eigenvalue weighted by molar-refractivity contribution is 5.85. The number of anilines is 1. The summed E-state index contributed by atoms with van der Waals surface area (Å²) in [6.07, 6.45) is 9.33. The van der Waals surface area contributed by atoms with Crippen LogP contribution in [0, 0.1) is 0 Å². The Morgan fingerprint density at radius 3 is 2.73 bits per heavy atom. The molecule has 0 fully saturated rings. The molecule has 0 saturated carbocycles. The van der Waals surface area contributed by atoms with Gasteiger partial charge in [0.1, 0.15) is 0 Å². The van der Waals surface area contributed by atoms with Crippen molar-refractivity contribution in [3.05, 3.63) is 41.1 Å². The Kier molecular flexibility index (Phi) is 5.57. The van der Waals surface area contributed by atoms with Gasteiger partial charge in [-0.05, 0) is 42.9 Å². The smallest absolute Gasteiger partial charge is 0.0480 e. The number of halogens is 1. The number of hydrogen-bond donors (Lipinski definition) is 1. The van der Waals surface area contributed by atoms with Gasteiger partial charge >= 0.3 is 0 Å². The van der Waals surface area contributed by atoms with Crippen LogP contribution < -0.4 is 4.90 Å². The number of rotatable bonds is 6. The second-order valence-corrected chi connectivity index (χ2v) is 6.79. The number of para-hydroxylation sites is 1. The van der Waals surface area contributed by atoms with Gasteiger partial charge in [0, 0.05) is 30.5 Å². The average molecular weight is 322 g/mol. The molecule has 0 spiro atoms. The highest BCUT2D eigenvalue weighted by Gasteiger charge is 2.37. The van der Waals surface area contributed by atoms with Crippen LogP contribution in [-0.2, 0) is 11.8 Å². The van der Waals surface area contributed by atoms with Gasteiger partial charge in [-0.2, -0.15) is 0 Å². The first-order valence-electron chi connectivity index (χ1n) is 8.35. The Labute approximate surface area is 140 Å². The van der Waals surface area contributed by atoms with E-state index in [1.807, 2.05) is 0 Å². The zero-order valence-corrected chi connectivity index (χ0v) is 14.6. The summed E-state index contributed by atoms with van der Waals surface area (Å²) in [6, 6.07) is 6.86. The molecule has 0 radical (unpaired) electrons. The third-order valence-corrected chi connectivity index (χ3v) is 5.43. The van der Waals surface area contributed by atoms with Crippen LogP contribution in [0.2, 0.25) is 0 Å². The van der Waals surface area contributed by atoms with Crippen molar-refractivity contribution >= 4 is 18.1 Å². The molecule has 3 rings (SSSR count). The molecule has 0 amide bonds. The molecule has 0 bridgehead atoms. The molecule has 22 heavy (non-hydrogen) atoms. The van der Waals surface area contributed by atoms with Crippen molar-refractivity contribution in [2.75, 3.05) is 18.1 Å². The van der Waals surface area contributed by atoms with Gasteiger partial charge in [-0.15, -0.1) is 12.4 Å². The first kappa shape index (κ1) is 17.4. The highest BCUT2D eigenvalue weighted by atomic mass is 35.5. The molecule has 2 aliphatic rings. The number of allylic oxidation sites excluding steroid dienone is 1. The van der Waals surface area contributed by atoms with Crippen LogP contribution in [0.3, 0.4) is 0 Å². The maximum atomic E-state index is 8.89. The van der Waals surface area contributed by atoms with Gasteiger partial charge in [0.2, 0.25) is 0 Å². The summed E-state index contributed by atoms with van der Waals surface area (Å²) in [5.74, 6) is 0. The molecule has 122 valence electrons. The molecule has 0 saturated heterocycles. The number of hydrogen-bond acceptors (Lipinski definition) is 2. The van der Waals surface area contributed by atoms with Crippen molar-refractivity contribution in [2.24, 2.45) is 0 Å². The molecule has 0 aliphatic carbocycles. The fraction of sp³-hybridized carbons (Fsp3) is 0.579. The van der Waals surface area contributed by atoms with E-state index in [4.69, 9.17) is 5.11 Å². The molecular formula is C19H28ClNO. The molecule has 1 aromatic carbocycles. The predicted octanol–water partition coefficient (Wildman–Crippen LogP) is 4.59. The third-order valence-electron chi connectivity index (χ3n) is 5.43. The number of aliphatic hydroxyl groups excluding tert-OH is 1. The summed E-state index contributed by atoms with van der Waals surface area (Å²) in [7, 11) is 0. The van der Waals surface area contributed by atoms with Crippen LogP contribution in [0.25, 0.3) is 0 Å². The fourth-order valence-electron chi connectivity index (χ4n) is 3.92. The van der Waals surface area contributed by atoms with Gasteiger partial charge in [0.05, 0.1) is 0 Å². The van der Waals surface area contributed by atoms with Gasteiger partial charge < -0.3 is 10.0 Å².